The van der Waals surface area contributed by atoms with E-state index < -0.39 is 71.1 Å². The van der Waals surface area contributed by atoms with Crippen molar-refractivity contribution in [1.29, 1.82) is 0 Å². The SMILES string of the molecule is COC(=O)[C@H](Cc1ccc(C#Cc2cc(C#Cc3ccc(C[C@H](NC(=O)OC(C)(C)C)C(=O)OC)cc3)cc(C#Cc3ccc(C[C@H](NC(=O)OC(C)(C)C)C(=O)OC)cc3)c2)cc1)NC(=O)OC(C)(C)C. The van der Waals surface area contributed by atoms with E-state index in [9.17, 15) is 28.8 Å². The second-order valence-electron chi connectivity index (χ2n) is 19.4. The fourth-order valence-corrected chi connectivity index (χ4v) is 6.51. The molecule has 3 atom stereocenters. The van der Waals surface area contributed by atoms with Crippen molar-refractivity contribution in [3.63, 3.8) is 0 Å². The van der Waals surface area contributed by atoms with Crippen molar-refractivity contribution in [3.05, 3.63) is 141 Å². The molecule has 4 rings (SSSR count). The van der Waals surface area contributed by atoms with Crippen molar-refractivity contribution in [1.82, 2.24) is 16.0 Å². The molecule has 0 radical (unpaired) electrons. The largest absolute Gasteiger partial charge is 0.467 e. The molecule has 0 fully saturated rings. The summed E-state index contributed by atoms with van der Waals surface area (Å²) >= 11 is 0. The maximum Gasteiger partial charge on any atom is 0.408 e. The predicted octanol–water partition coefficient (Wildman–Crippen LogP) is 7.71. The Morgan fingerprint density at radius 1 is 0.375 bits per heavy atom. The van der Waals surface area contributed by atoms with E-state index in [2.05, 4.69) is 51.5 Å². The molecule has 4 aromatic rings. The van der Waals surface area contributed by atoms with Gasteiger partial charge in [-0.15, -0.1) is 0 Å². The first-order valence-corrected chi connectivity index (χ1v) is 23.0. The van der Waals surface area contributed by atoms with E-state index in [1.54, 1.807) is 62.3 Å². The van der Waals surface area contributed by atoms with Gasteiger partial charge in [-0.3, -0.25) is 0 Å². The molecule has 3 N–H and O–H groups in total. The van der Waals surface area contributed by atoms with Gasteiger partial charge in [0.1, 0.15) is 34.9 Å². The molecule has 0 bridgehead atoms. The minimum absolute atomic E-state index is 0.159. The van der Waals surface area contributed by atoms with Gasteiger partial charge in [0.25, 0.3) is 0 Å². The molecular weight excluding hydrogens is 919 g/mol. The van der Waals surface area contributed by atoms with Crippen LogP contribution in [-0.2, 0) is 62.1 Å². The first-order valence-electron chi connectivity index (χ1n) is 23.0. The number of nitrogens with one attached hydrogen (secondary N) is 3. The molecule has 0 aromatic heterocycles. The van der Waals surface area contributed by atoms with E-state index >= 15 is 0 Å². The molecular formula is C57H63N3O12. The van der Waals surface area contributed by atoms with Crippen molar-refractivity contribution in [2.45, 2.75) is 117 Å². The average molecular weight is 982 g/mol. The maximum absolute atomic E-state index is 12.5. The number of rotatable bonds is 12. The topological polar surface area (TPSA) is 194 Å². The Balaban J connectivity index is 1.62. The molecule has 4 aromatic carbocycles. The fraction of sp³-hybridized carbons (Fsp3) is 0.368. The van der Waals surface area contributed by atoms with Gasteiger partial charge in [-0.1, -0.05) is 71.9 Å². The minimum atomic E-state index is -0.972. The second kappa shape index (κ2) is 25.6. The fourth-order valence-electron chi connectivity index (χ4n) is 6.51. The molecule has 0 saturated heterocycles. The van der Waals surface area contributed by atoms with Crippen LogP contribution >= 0.6 is 0 Å². The van der Waals surface area contributed by atoms with Crippen LogP contribution in [-0.4, -0.2) is 92.4 Å². The van der Waals surface area contributed by atoms with Crippen LogP contribution < -0.4 is 16.0 Å². The summed E-state index contributed by atoms with van der Waals surface area (Å²) in [4.78, 5) is 75.0. The summed E-state index contributed by atoms with van der Waals surface area (Å²) in [5, 5.41) is 7.77. The lowest BCUT2D eigenvalue weighted by atomic mass is 10.0. The molecule has 0 spiro atoms. The van der Waals surface area contributed by atoms with Gasteiger partial charge >= 0.3 is 36.2 Å². The first-order chi connectivity index (χ1) is 33.8. The van der Waals surface area contributed by atoms with Crippen molar-refractivity contribution in [2.24, 2.45) is 0 Å². The highest BCUT2D eigenvalue weighted by Crippen LogP contribution is 2.16. The van der Waals surface area contributed by atoms with Gasteiger partial charge in [0.05, 0.1) is 21.3 Å². The van der Waals surface area contributed by atoms with E-state index in [4.69, 9.17) is 28.4 Å². The number of esters is 3. The molecule has 3 amide bonds. The highest BCUT2D eigenvalue weighted by Gasteiger charge is 2.28. The number of methoxy groups -OCH3 is 3. The third kappa shape index (κ3) is 20.4. The van der Waals surface area contributed by atoms with E-state index in [1.807, 2.05) is 91.0 Å². The highest BCUT2D eigenvalue weighted by atomic mass is 16.6. The Bertz CT molecular complexity index is 2450. The van der Waals surface area contributed by atoms with Crippen LogP contribution in [0.15, 0.2) is 91.0 Å². The van der Waals surface area contributed by atoms with E-state index in [0.29, 0.717) is 33.4 Å². The second-order valence-corrected chi connectivity index (χ2v) is 19.4. The van der Waals surface area contributed by atoms with E-state index in [0.717, 1.165) is 16.7 Å². The van der Waals surface area contributed by atoms with Gasteiger partial charge in [0.15, 0.2) is 0 Å². The number of hydrogen-bond donors (Lipinski definition) is 3. The van der Waals surface area contributed by atoms with Gasteiger partial charge in [-0.2, -0.15) is 0 Å². The molecule has 0 heterocycles. The van der Waals surface area contributed by atoms with Crippen LogP contribution in [0.4, 0.5) is 14.4 Å². The number of alkyl carbamates (subject to hydrolysis) is 3. The van der Waals surface area contributed by atoms with Crippen molar-refractivity contribution >= 4 is 36.2 Å². The number of benzene rings is 4. The zero-order chi connectivity index (χ0) is 53.2. The molecule has 0 aliphatic heterocycles. The van der Waals surface area contributed by atoms with Gasteiger partial charge in [0, 0.05) is 52.6 Å². The molecule has 0 aliphatic carbocycles. The van der Waals surface area contributed by atoms with Crippen LogP contribution in [0.25, 0.3) is 0 Å². The summed E-state index contributed by atoms with van der Waals surface area (Å²) in [6.07, 6.45) is -1.73. The average Bonchev–Trinajstić information content (AvgIpc) is 3.30. The zero-order valence-electron chi connectivity index (χ0n) is 42.9. The highest BCUT2D eigenvalue weighted by molar-refractivity contribution is 5.83. The van der Waals surface area contributed by atoms with Crippen molar-refractivity contribution < 1.29 is 57.2 Å². The summed E-state index contributed by atoms with van der Waals surface area (Å²) in [5.74, 6) is 17.4. The van der Waals surface area contributed by atoms with Gasteiger partial charge in [-0.25, -0.2) is 28.8 Å². The van der Waals surface area contributed by atoms with Crippen LogP contribution in [0, 0.1) is 35.5 Å². The van der Waals surface area contributed by atoms with Gasteiger partial charge in [-0.05, 0) is 134 Å². The number of amides is 3. The molecule has 0 aliphatic rings. The number of carbonyl (C=O) groups excluding carboxylic acids is 6. The minimum Gasteiger partial charge on any atom is -0.467 e. The normalized spacial score (nSPS) is 12.2. The van der Waals surface area contributed by atoms with E-state index in [1.165, 1.54) is 21.3 Å². The first kappa shape index (κ1) is 56.4. The predicted molar refractivity (Wildman–Crippen MR) is 270 cm³/mol. The van der Waals surface area contributed by atoms with Gasteiger partial charge in [0.2, 0.25) is 0 Å². The molecule has 15 heteroatoms. The lowest BCUT2D eigenvalue weighted by Crippen LogP contribution is -2.45. The Morgan fingerprint density at radius 2 is 0.583 bits per heavy atom. The maximum atomic E-state index is 12.5. The van der Waals surface area contributed by atoms with Gasteiger partial charge < -0.3 is 44.4 Å². The molecule has 378 valence electrons. The molecule has 0 unspecified atom stereocenters. The number of carbonyl (C=O) groups is 6. The van der Waals surface area contributed by atoms with Crippen LogP contribution in [0.2, 0.25) is 0 Å². The monoisotopic (exact) mass is 981 g/mol. The lowest BCUT2D eigenvalue weighted by molar-refractivity contribution is -0.143. The Labute approximate surface area is 422 Å². The Kier molecular flexibility index (Phi) is 20.0. The summed E-state index contributed by atoms with van der Waals surface area (Å²) in [7, 11) is 3.75. The third-order valence-electron chi connectivity index (χ3n) is 9.70. The summed E-state index contributed by atoms with van der Waals surface area (Å²) < 4.78 is 30.8. The lowest BCUT2D eigenvalue weighted by Gasteiger charge is -2.22. The third-order valence-corrected chi connectivity index (χ3v) is 9.70. The zero-order valence-corrected chi connectivity index (χ0v) is 42.9. The summed E-state index contributed by atoms with van der Waals surface area (Å²) in [6, 6.07) is 24.3. The Hall–Kier alpha value is -8.22. The smallest absolute Gasteiger partial charge is 0.408 e. The molecule has 15 nitrogen and oxygen atoms in total. The van der Waals surface area contributed by atoms with Crippen LogP contribution in [0.1, 0.15) is 112 Å². The van der Waals surface area contributed by atoms with Crippen molar-refractivity contribution in [3.8, 4) is 35.5 Å². The quantitative estimate of drug-likeness (QED) is 0.0713. The number of ether oxygens (including phenoxy) is 6. The van der Waals surface area contributed by atoms with Crippen LogP contribution in [0.5, 0.6) is 0 Å². The Morgan fingerprint density at radius 3 is 0.778 bits per heavy atom. The number of hydrogen-bond acceptors (Lipinski definition) is 12. The standard InChI is InChI=1S/C57H63N3O12/c1-55(2,3)70-52(64)58-46(49(61)67-10)34-40-22-13-37(14-23-40)19-28-43-31-44(29-20-38-15-24-41(25-16-38)35-47(50(62)68-11)59-53(65)71-56(4,5)6)33-45(32-43)30-21-39-17-26-42(27-18-39)36-48(51(63)69-12)60-54(66)72-57(7,8)9/h13-18,22-27,31-33,46-48H,34-36H2,1-12H3,(H,58,64)(H,59,65)(H,60,66)/t46-,47-,48-/m0/s1. The summed E-state index contributed by atoms with van der Waals surface area (Å²) in [6.45, 7) is 15.5. The van der Waals surface area contributed by atoms with Crippen LogP contribution in [0.3, 0.4) is 0 Å². The molecule has 72 heavy (non-hydrogen) atoms. The molecule has 0 saturated carbocycles. The van der Waals surface area contributed by atoms with Crippen molar-refractivity contribution in [2.75, 3.05) is 21.3 Å². The van der Waals surface area contributed by atoms with E-state index in [-0.39, 0.29) is 19.3 Å². The summed E-state index contributed by atoms with van der Waals surface area (Å²) in [5.41, 5.74) is 3.96.